The van der Waals surface area contributed by atoms with Crippen molar-refractivity contribution in [2.75, 3.05) is 26.4 Å². The Hall–Kier alpha value is -3.03. The van der Waals surface area contributed by atoms with E-state index >= 15 is 0 Å². The Morgan fingerprint density at radius 1 is 0.336 bits per heavy atom. The molecule has 0 bridgehead atoms. The normalized spacial score (nSPS) is 25.6. The number of carbonyl (C=O) groups excluding carboxylic acids is 1. The second-order valence-corrected chi connectivity index (χ2v) is 31.7. The highest BCUT2D eigenvalue weighted by Crippen LogP contribution is 2.33. The molecule has 0 radical (unpaired) electrons. The third kappa shape index (κ3) is 48.5. The standard InChI is InChI=1S/C91H163NO18/c1-3-5-7-9-11-13-15-17-19-21-23-25-27-29-31-33-35-36-37-38-39-41-43-45-47-49-51-53-55-57-59-61-63-65-67-69-79(97)92-74(75(96)68-66-64-62-60-58-56-54-52-50-48-46-44-42-40-34-32-30-28-26-24-22-20-18-16-14-12-10-8-6-4-2)73-105-89-85(103)82(100)87(77(71-94)107-89)110-91-86(104)83(101)88(78(72-95)108-91)109-90-84(102)81(99)80(98)76(70-93)106-90/h5,7,11,13,17,19,23,25,50,52,58,60,66,68,74-78,80-91,93-96,98-104H,3-4,6,8-10,12,14-16,18,20-22,24,26-49,51,53-57,59,61-65,67,69-73H2,1-2H3,(H,92,97)/b7-5-,13-11-,19-17-,25-23-,52-50+,60-58+,68-66+. The smallest absolute Gasteiger partial charge is 0.220 e. The summed E-state index contributed by atoms with van der Waals surface area (Å²) in [6.45, 7) is 1.65. The highest BCUT2D eigenvalue weighted by Gasteiger charge is 2.54. The van der Waals surface area contributed by atoms with Crippen molar-refractivity contribution in [1.29, 1.82) is 0 Å². The van der Waals surface area contributed by atoms with E-state index in [1.807, 2.05) is 6.08 Å². The zero-order valence-corrected chi connectivity index (χ0v) is 69.0. The molecule has 1 amide bonds. The first-order valence-corrected chi connectivity index (χ1v) is 44.8. The number of rotatable bonds is 72. The van der Waals surface area contributed by atoms with E-state index in [1.165, 1.54) is 250 Å². The molecular weight excluding hydrogens is 1390 g/mol. The molecule has 19 nitrogen and oxygen atoms in total. The Balaban J connectivity index is 1.34. The van der Waals surface area contributed by atoms with Crippen molar-refractivity contribution < 1.29 is 89.4 Å². The van der Waals surface area contributed by atoms with Gasteiger partial charge < -0.3 is 89.9 Å². The molecule has 3 fully saturated rings. The lowest BCUT2D eigenvalue weighted by molar-refractivity contribution is -0.379. The molecule has 0 aromatic carbocycles. The maximum absolute atomic E-state index is 13.5. The van der Waals surface area contributed by atoms with Gasteiger partial charge in [0.1, 0.15) is 73.2 Å². The molecule has 3 saturated heterocycles. The minimum absolute atomic E-state index is 0.232. The van der Waals surface area contributed by atoms with Crippen molar-refractivity contribution in [3.05, 3.63) is 85.1 Å². The van der Waals surface area contributed by atoms with Gasteiger partial charge in [0.05, 0.1) is 38.6 Å². The lowest BCUT2D eigenvalue weighted by Gasteiger charge is -2.48. The van der Waals surface area contributed by atoms with Crippen LogP contribution in [-0.2, 0) is 33.2 Å². The summed E-state index contributed by atoms with van der Waals surface area (Å²) in [5.41, 5.74) is 0. The second kappa shape index (κ2) is 70.2. The number of ether oxygens (including phenoxy) is 6. The van der Waals surface area contributed by atoms with Gasteiger partial charge in [0.2, 0.25) is 5.91 Å². The van der Waals surface area contributed by atoms with Crippen molar-refractivity contribution in [3.8, 4) is 0 Å². The fourth-order valence-electron chi connectivity index (χ4n) is 14.8. The molecule has 0 aromatic heterocycles. The lowest BCUT2D eigenvalue weighted by Crippen LogP contribution is -2.66. The molecule has 640 valence electrons. The summed E-state index contributed by atoms with van der Waals surface area (Å²) in [6, 6.07) is -1.00. The van der Waals surface area contributed by atoms with Gasteiger partial charge in [0, 0.05) is 6.42 Å². The van der Waals surface area contributed by atoms with Gasteiger partial charge in [-0.15, -0.1) is 0 Å². The quantitative estimate of drug-likeness (QED) is 0.0199. The number of carbonyl (C=O) groups is 1. The van der Waals surface area contributed by atoms with Crippen LogP contribution in [0.15, 0.2) is 85.1 Å². The van der Waals surface area contributed by atoms with E-state index in [9.17, 15) is 61.0 Å². The minimum Gasteiger partial charge on any atom is -0.394 e. The summed E-state index contributed by atoms with van der Waals surface area (Å²) in [6.07, 6.45) is 68.8. The summed E-state index contributed by atoms with van der Waals surface area (Å²) in [4.78, 5) is 13.5. The van der Waals surface area contributed by atoms with Gasteiger partial charge in [-0.25, -0.2) is 0 Å². The van der Waals surface area contributed by atoms with Crippen LogP contribution in [0.25, 0.3) is 0 Å². The Morgan fingerprint density at radius 2 is 0.636 bits per heavy atom. The number of nitrogens with one attached hydrogen (secondary N) is 1. The number of unbranched alkanes of at least 4 members (excludes halogenated alkanes) is 44. The first-order valence-electron chi connectivity index (χ1n) is 44.8. The van der Waals surface area contributed by atoms with Gasteiger partial charge in [0.15, 0.2) is 18.9 Å². The minimum atomic E-state index is -1.99. The summed E-state index contributed by atoms with van der Waals surface area (Å²) < 4.78 is 34.5. The van der Waals surface area contributed by atoms with E-state index in [0.29, 0.717) is 12.8 Å². The van der Waals surface area contributed by atoms with Crippen LogP contribution in [0.3, 0.4) is 0 Å². The second-order valence-electron chi connectivity index (χ2n) is 31.7. The van der Waals surface area contributed by atoms with Crippen LogP contribution in [0.5, 0.6) is 0 Å². The molecule has 17 unspecified atom stereocenters. The molecule has 0 aromatic rings. The van der Waals surface area contributed by atoms with Crippen LogP contribution < -0.4 is 5.32 Å². The van der Waals surface area contributed by atoms with Gasteiger partial charge in [-0.3, -0.25) is 4.79 Å². The van der Waals surface area contributed by atoms with E-state index in [0.717, 1.165) is 70.6 Å². The van der Waals surface area contributed by atoms with E-state index < -0.39 is 124 Å². The summed E-state index contributed by atoms with van der Waals surface area (Å²) in [5, 5.41) is 121. The summed E-state index contributed by atoms with van der Waals surface area (Å²) in [7, 11) is 0. The van der Waals surface area contributed by atoms with Crippen molar-refractivity contribution in [1.82, 2.24) is 5.32 Å². The van der Waals surface area contributed by atoms with Crippen molar-refractivity contribution in [2.45, 2.75) is 458 Å². The zero-order chi connectivity index (χ0) is 79.5. The molecule has 3 heterocycles. The number of allylic oxidation sites excluding steroid dienone is 13. The molecule has 110 heavy (non-hydrogen) atoms. The lowest BCUT2D eigenvalue weighted by atomic mass is 9.96. The molecule has 19 heteroatoms. The average molecular weight is 1560 g/mol. The van der Waals surface area contributed by atoms with Gasteiger partial charge in [-0.1, -0.05) is 349 Å². The Morgan fingerprint density at radius 3 is 1.02 bits per heavy atom. The maximum atomic E-state index is 13.5. The Kier molecular flexibility index (Phi) is 64.6. The molecule has 0 spiro atoms. The van der Waals surface area contributed by atoms with Crippen LogP contribution in [0.2, 0.25) is 0 Å². The van der Waals surface area contributed by atoms with Crippen LogP contribution >= 0.6 is 0 Å². The Bertz CT molecular complexity index is 2310. The van der Waals surface area contributed by atoms with Gasteiger partial charge >= 0.3 is 0 Å². The monoisotopic (exact) mass is 1560 g/mol. The van der Waals surface area contributed by atoms with Gasteiger partial charge in [-0.2, -0.15) is 0 Å². The molecule has 3 aliphatic heterocycles. The third-order valence-electron chi connectivity index (χ3n) is 21.9. The third-order valence-corrected chi connectivity index (χ3v) is 21.9. The van der Waals surface area contributed by atoms with E-state index in [1.54, 1.807) is 6.08 Å². The predicted molar refractivity (Wildman–Crippen MR) is 443 cm³/mol. The van der Waals surface area contributed by atoms with E-state index in [-0.39, 0.29) is 18.9 Å². The highest BCUT2D eigenvalue weighted by molar-refractivity contribution is 5.76. The fourth-order valence-corrected chi connectivity index (χ4v) is 14.8. The Labute approximate surface area is 667 Å². The fraction of sp³-hybridized carbons (Fsp3) is 0.835. The van der Waals surface area contributed by atoms with Gasteiger partial charge in [0.25, 0.3) is 0 Å². The van der Waals surface area contributed by atoms with Crippen LogP contribution in [0.1, 0.15) is 354 Å². The van der Waals surface area contributed by atoms with Crippen molar-refractivity contribution in [3.63, 3.8) is 0 Å². The number of amides is 1. The number of hydrogen-bond acceptors (Lipinski definition) is 18. The first-order chi connectivity index (χ1) is 53.8. The van der Waals surface area contributed by atoms with Crippen LogP contribution in [0.4, 0.5) is 0 Å². The first kappa shape index (κ1) is 101. The van der Waals surface area contributed by atoms with E-state index in [4.69, 9.17) is 28.4 Å². The predicted octanol–water partition coefficient (Wildman–Crippen LogP) is 16.9. The molecular formula is C91H163NO18. The molecule has 17 atom stereocenters. The largest absolute Gasteiger partial charge is 0.394 e. The highest BCUT2D eigenvalue weighted by atomic mass is 16.8. The number of aliphatic hydroxyl groups is 11. The molecule has 3 rings (SSSR count). The topological polar surface area (TPSA) is 307 Å². The zero-order valence-electron chi connectivity index (χ0n) is 69.0. The van der Waals surface area contributed by atoms with Gasteiger partial charge in [-0.05, 0) is 83.5 Å². The molecule has 12 N–H and O–H groups in total. The SMILES string of the molecule is CC/C=C\C/C=C\C/C=C\C/C=C\CCCCCCCCCCCCCCCCCCCCCCCCC(=O)NC(COC1OC(CO)C(OC2OC(CO)C(OC3OC(CO)C(O)C(O)C3O)C(O)C2O)C(O)C1O)C(O)/C=C/CC/C=C/CC/C=C/CCCCCCCCCCCCCCCCCCCCCC. The summed E-state index contributed by atoms with van der Waals surface area (Å²) >= 11 is 0. The average Bonchev–Trinajstić information content (AvgIpc) is 0.795. The van der Waals surface area contributed by atoms with E-state index in [2.05, 4.69) is 92.1 Å². The molecule has 0 saturated carbocycles. The molecule has 3 aliphatic rings. The summed E-state index contributed by atoms with van der Waals surface area (Å²) in [5.74, 6) is -0.285. The molecule has 0 aliphatic carbocycles. The number of aliphatic hydroxyl groups excluding tert-OH is 11. The van der Waals surface area contributed by atoms with Crippen molar-refractivity contribution >= 4 is 5.91 Å². The van der Waals surface area contributed by atoms with Crippen molar-refractivity contribution in [2.24, 2.45) is 0 Å². The maximum Gasteiger partial charge on any atom is 0.220 e. The number of hydrogen-bond donors (Lipinski definition) is 12. The van der Waals surface area contributed by atoms with Crippen LogP contribution in [-0.4, -0.2) is 193 Å². The van der Waals surface area contributed by atoms with Crippen LogP contribution in [0, 0.1) is 0 Å².